The second-order valence-electron chi connectivity index (χ2n) is 7.66. The third kappa shape index (κ3) is 4.45. The van der Waals surface area contributed by atoms with Crippen molar-refractivity contribution in [3.05, 3.63) is 70.9 Å². The zero-order valence-electron chi connectivity index (χ0n) is 17.7. The molecular formula is C24H24N4O4. The van der Waals surface area contributed by atoms with Crippen LogP contribution in [0, 0.1) is 0 Å². The van der Waals surface area contributed by atoms with E-state index in [9.17, 15) is 14.4 Å². The molecule has 0 bridgehead atoms. The number of carboxylic acid groups (broad SMARTS) is 1. The molecule has 4 rings (SSSR count). The predicted octanol–water partition coefficient (Wildman–Crippen LogP) is 2.68. The van der Waals surface area contributed by atoms with Gasteiger partial charge in [0, 0.05) is 47.4 Å². The summed E-state index contributed by atoms with van der Waals surface area (Å²) in [5, 5.41) is 14.7. The van der Waals surface area contributed by atoms with Gasteiger partial charge in [0.2, 0.25) is 0 Å². The number of amides is 2. The number of nitrogens with zero attached hydrogens (tertiary/aromatic N) is 2. The Morgan fingerprint density at radius 2 is 1.81 bits per heavy atom. The van der Waals surface area contributed by atoms with Gasteiger partial charge in [0.15, 0.2) is 0 Å². The molecule has 2 aromatic carbocycles. The maximum Gasteiger partial charge on any atom is 0.322 e. The number of hydrogen-bond acceptors (Lipinski definition) is 5. The van der Waals surface area contributed by atoms with Crippen LogP contribution >= 0.6 is 0 Å². The highest BCUT2D eigenvalue weighted by Gasteiger charge is 2.25. The number of carbonyl (C=O) groups excluding carboxylic acids is 2. The van der Waals surface area contributed by atoms with Gasteiger partial charge in [0.1, 0.15) is 6.54 Å². The fraction of sp³-hybridized carbons (Fsp3) is 0.250. The molecule has 0 saturated carbocycles. The van der Waals surface area contributed by atoms with Crippen LogP contribution in [-0.4, -0.2) is 52.4 Å². The Morgan fingerprint density at radius 3 is 2.53 bits per heavy atom. The zero-order valence-corrected chi connectivity index (χ0v) is 17.7. The van der Waals surface area contributed by atoms with Gasteiger partial charge in [-0.3, -0.25) is 24.3 Å². The smallest absolute Gasteiger partial charge is 0.322 e. The molecule has 0 aliphatic carbocycles. The Kier molecular flexibility index (Phi) is 6.13. The van der Waals surface area contributed by atoms with Gasteiger partial charge in [-0.05, 0) is 36.9 Å². The molecule has 0 unspecified atom stereocenters. The molecule has 0 spiro atoms. The van der Waals surface area contributed by atoms with Gasteiger partial charge >= 0.3 is 5.97 Å². The van der Waals surface area contributed by atoms with E-state index < -0.39 is 18.4 Å². The maximum atomic E-state index is 13.4. The van der Waals surface area contributed by atoms with Gasteiger partial charge in [-0.1, -0.05) is 25.1 Å². The van der Waals surface area contributed by atoms with Crippen molar-refractivity contribution in [1.29, 1.82) is 0 Å². The molecule has 3 aromatic rings. The molecule has 3 N–H and O–H groups in total. The Hall–Kier alpha value is -3.78. The fourth-order valence-electron chi connectivity index (χ4n) is 3.93. The van der Waals surface area contributed by atoms with Gasteiger partial charge in [0.25, 0.3) is 11.8 Å². The first-order chi connectivity index (χ1) is 15.5. The number of hydrogen-bond donors (Lipinski definition) is 3. The van der Waals surface area contributed by atoms with E-state index in [0.29, 0.717) is 23.4 Å². The van der Waals surface area contributed by atoms with Crippen LogP contribution in [0.1, 0.15) is 38.9 Å². The molecular weight excluding hydrogens is 408 g/mol. The van der Waals surface area contributed by atoms with Gasteiger partial charge in [0.05, 0.1) is 11.1 Å². The van der Waals surface area contributed by atoms with Crippen LogP contribution in [0.2, 0.25) is 0 Å². The highest BCUT2D eigenvalue weighted by Crippen LogP contribution is 2.29. The number of anilines is 1. The van der Waals surface area contributed by atoms with E-state index in [1.165, 1.54) is 0 Å². The summed E-state index contributed by atoms with van der Waals surface area (Å²) >= 11 is 0. The van der Waals surface area contributed by atoms with E-state index >= 15 is 0 Å². The van der Waals surface area contributed by atoms with Crippen molar-refractivity contribution in [2.75, 3.05) is 25.0 Å². The summed E-state index contributed by atoms with van der Waals surface area (Å²) in [7, 11) is 0. The van der Waals surface area contributed by atoms with Crippen LogP contribution in [0.3, 0.4) is 0 Å². The van der Waals surface area contributed by atoms with Crippen LogP contribution in [0.15, 0.2) is 48.5 Å². The third-order valence-corrected chi connectivity index (χ3v) is 5.60. The molecule has 2 heterocycles. The van der Waals surface area contributed by atoms with Crippen LogP contribution in [0.4, 0.5) is 5.69 Å². The van der Waals surface area contributed by atoms with Crippen molar-refractivity contribution in [2.45, 2.75) is 19.9 Å². The number of benzene rings is 2. The second kappa shape index (κ2) is 9.15. The van der Waals surface area contributed by atoms with Gasteiger partial charge in [-0.25, -0.2) is 0 Å². The molecule has 0 fully saturated rings. The largest absolute Gasteiger partial charge is 0.480 e. The van der Waals surface area contributed by atoms with Crippen molar-refractivity contribution in [3.8, 4) is 0 Å². The summed E-state index contributed by atoms with van der Waals surface area (Å²) in [4.78, 5) is 43.1. The van der Waals surface area contributed by atoms with E-state index in [1.54, 1.807) is 24.3 Å². The number of para-hydroxylation sites is 1. The average Bonchev–Trinajstić information content (AvgIpc) is 2.80. The lowest BCUT2D eigenvalue weighted by Gasteiger charge is -2.29. The average molecular weight is 432 g/mol. The normalized spacial score (nSPS) is 13.4. The monoisotopic (exact) mass is 432 g/mol. The third-order valence-electron chi connectivity index (χ3n) is 5.60. The minimum atomic E-state index is -1.11. The number of aromatic nitrogens is 1. The Balaban J connectivity index is 1.61. The molecule has 1 aliphatic rings. The Bertz CT molecular complexity index is 1190. The predicted molar refractivity (Wildman–Crippen MR) is 121 cm³/mol. The highest BCUT2D eigenvalue weighted by molar-refractivity contribution is 6.13. The van der Waals surface area contributed by atoms with E-state index in [-0.39, 0.29) is 5.91 Å². The maximum absolute atomic E-state index is 13.4. The highest BCUT2D eigenvalue weighted by atomic mass is 16.4. The first-order valence-corrected chi connectivity index (χ1v) is 10.5. The van der Waals surface area contributed by atoms with Gasteiger partial charge in [-0.15, -0.1) is 0 Å². The molecule has 1 aromatic heterocycles. The molecule has 1 aliphatic heterocycles. The molecule has 2 amide bonds. The quantitative estimate of drug-likeness (QED) is 0.552. The minimum Gasteiger partial charge on any atom is -0.480 e. The first-order valence-electron chi connectivity index (χ1n) is 10.5. The van der Waals surface area contributed by atoms with E-state index in [2.05, 4.69) is 22.5 Å². The van der Waals surface area contributed by atoms with Crippen molar-refractivity contribution in [2.24, 2.45) is 0 Å². The van der Waals surface area contributed by atoms with Crippen LogP contribution < -0.4 is 10.6 Å². The van der Waals surface area contributed by atoms with Gasteiger partial charge < -0.3 is 15.7 Å². The molecule has 0 atom stereocenters. The summed E-state index contributed by atoms with van der Waals surface area (Å²) in [6, 6.07) is 14.0. The summed E-state index contributed by atoms with van der Waals surface area (Å²) in [6.07, 6.45) is 0.800. The number of aliphatic carboxylic acids is 1. The minimum absolute atomic E-state index is 0.221. The summed E-state index contributed by atoms with van der Waals surface area (Å²) < 4.78 is 0. The second-order valence-corrected chi connectivity index (χ2v) is 7.66. The topological polar surface area (TPSA) is 112 Å². The fourth-order valence-corrected chi connectivity index (χ4v) is 3.93. The molecule has 0 saturated heterocycles. The molecule has 0 radical (unpaired) electrons. The lowest BCUT2D eigenvalue weighted by molar-refractivity contribution is -0.135. The van der Waals surface area contributed by atoms with Crippen molar-refractivity contribution in [3.63, 3.8) is 0 Å². The molecule has 32 heavy (non-hydrogen) atoms. The number of nitrogens with one attached hydrogen (secondary N) is 2. The summed E-state index contributed by atoms with van der Waals surface area (Å²) in [6.45, 7) is 4.15. The lowest BCUT2D eigenvalue weighted by atomic mass is 9.95. The first kappa shape index (κ1) is 21.5. The number of pyridine rings is 1. The number of rotatable bonds is 6. The number of likely N-dealkylation sites (N-methyl/N-ethyl adjacent to an activating group) is 1. The molecule has 164 valence electrons. The number of fused-ring (bicyclic) bond motifs is 2. The standard InChI is InChI=1S/C24H24N4O4/c1-2-28-12-11-20-18(14-28)22(17-5-3-4-6-19(17)27-20)24(32)26-16-9-7-15(8-10-16)23(31)25-13-21(29)30/h3-10H,2,11-14H2,1H3,(H,25,31)(H,26,32)(H,29,30). The zero-order chi connectivity index (χ0) is 22.7. The Morgan fingerprint density at radius 1 is 1.06 bits per heavy atom. The van der Waals surface area contributed by atoms with Crippen molar-refractivity contribution in [1.82, 2.24) is 15.2 Å². The Labute approximate surface area is 185 Å². The van der Waals surface area contributed by atoms with E-state index in [1.807, 2.05) is 24.3 Å². The summed E-state index contributed by atoms with van der Waals surface area (Å²) in [5.41, 5.74) is 4.21. The van der Waals surface area contributed by atoms with E-state index in [4.69, 9.17) is 10.1 Å². The van der Waals surface area contributed by atoms with Crippen molar-refractivity contribution >= 4 is 34.4 Å². The van der Waals surface area contributed by atoms with E-state index in [0.717, 1.165) is 41.7 Å². The number of carboxylic acids is 1. The lowest BCUT2D eigenvalue weighted by Crippen LogP contribution is -2.33. The van der Waals surface area contributed by atoms with Crippen molar-refractivity contribution < 1.29 is 19.5 Å². The van der Waals surface area contributed by atoms with Crippen LogP contribution in [0.5, 0.6) is 0 Å². The SMILES string of the molecule is CCN1CCc2nc3ccccc3c(C(=O)Nc3ccc(C(=O)NCC(=O)O)cc3)c2C1. The molecule has 8 nitrogen and oxygen atoms in total. The number of carbonyl (C=O) groups is 3. The molecule has 8 heteroatoms. The van der Waals surface area contributed by atoms with Crippen LogP contribution in [-0.2, 0) is 17.8 Å². The van der Waals surface area contributed by atoms with Gasteiger partial charge in [-0.2, -0.15) is 0 Å². The summed E-state index contributed by atoms with van der Waals surface area (Å²) in [5.74, 6) is -1.82. The van der Waals surface area contributed by atoms with Crippen LogP contribution in [0.25, 0.3) is 10.9 Å².